The number of nitrogens with one attached hydrogen (secondary N) is 1. The van der Waals surface area contributed by atoms with Crippen LogP contribution in [0, 0.1) is 12.8 Å². The fourth-order valence-electron chi connectivity index (χ4n) is 2.85. The third-order valence-electron chi connectivity index (χ3n) is 4.22. The average molecular weight is 347 g/mol. The molecular formula is C19H23ClN2O2. The normalized spacial score (nSPS) is 19.4. The number of anilines is 1. The summed E-state index contributed by atoms with van der Waals surface area (Å²) in [6.45, 7) is 2.04. The summed E-state index contributed by atoms with van der Waals surface area (Å²) in [5, 5.41) is 2.95. The van der Waals surface area contributed by atoms with Crippen LogP contribution in [0.3, 0.4) is 0 Å². The zero-order chi connectivity index (χ0) is 16.2. The van der Waals surface area contributed by atoms with Gasteiger partial charge in [0, 0.05) is 17.6 Å². The van der Waals surface area contributed by atoms with Crippen LogP contribution in [-0.2, 0) is 4.79 Å². The summed E-state index contributed by atoms with van der Waals surface area (Å²) in [4.78, 5) is 12.2. The van der Waals surface area contributed by atoms with Gasteiger partial charge >= 0.3 is 0 Å². The lowest BCUT2D eigenvalue weighted by Gasteiger charge is -2.11. The van der Waals surface area contributed by atoms with Crippen LogP contribution < -0.4 is 15.8 Å². The number of carbonyl (C=O) groups excluding carboxylic acids is 1. The summed E-state index contributed by atoms with van der Waals surface area (Å²) in [5.74, 6) is 1.64. The molecule has 5 heteroatoms. The highest BCUT2D eigenvalue weighted by Gasteiger charge is 2.27. The minimum absolute atomic E-state index is 0. The summed E-state index contributed by atoms with van der Waals surface area (Å²) in [6, 6.07) is 15.5. The molecular weight excluding hydrogens is 324 g/mol. The Kier molecular flexibility index (Phi) is 6.23. The van der Waals surface area contributed by atoms with E-state index in [2.05, 4.69) is 5.32 Å². The van der Waals surface area contributed by atoms with E-state index in [0.717, 1.165) is 36.4 Å². The van der Waals surface area contributed by atoms with Crippen LogP contribution in [0.4, 0.5) is 5.69 Å². The van der Waals surface area contributed by atoms with E-state index >= 15 is 0 Å². The number of ether oxygens (including phenoxy) is 1. The molecule has 3 rings (SSSR count). The van der Waals surface area contributed by atoms with Crippen LogP contribution >= 0.6 is 12.4 Å². The van der Waals surface area contributed by atoms with Gasteiger partial charge in [-0.1, -0.05) is 17.7 Å². The lowest BCUT2D eigenvalue weighted by molar-refractivity contribution is -0.119. The predicted molar refractivity (Wildman–Crippen MR) is 98.9 cm³/mol. The number of halogens is 1. The molecule has 0 aliphatic heterocycles. The summed E-state index contributed by atoms with van der Waals surface area (Å²) in [5.41, 5.74) is 7.84. The van der Waals surface area contributed by atoms with Gasteiger partial charge < -0.3 is 15.8 Å². The number of nitrogens with two attached hydrogens (primary N) is 1. The number of benzene rings is 2. The van der Waals surface area contributed by atoms with Crippen LogP contribution in [0.25, 0.3) is 0 Å². The molecule has 2 aromatic rings. The molecule has 128 valence electrons. The molecule has 2 atom stereocenters. The molecule has 2 aromatic carbocycles. The van der Waals surface area contributed by atoms with Crippen molar-refractivity contribution >= 4 is 24.0 Å². The Balaban J connectivity index is 0.00000208. The standard InChI is InChI=1S/C19H22N2O2.ClH/c1-13-2-8-17(9-3-13)23-18-10-6-16(7-11-18)21-19(22)14-4-5-15(20)12-14;/h2-3,6-11,14-15H,4-5,12,20H2,1H3,(H,21,22);1H. The van der Waals surface area contributed by atoms with E-state index < -0.39 is 0 Å². The van der Waals surface area contributed by atoms with Crippen molar-refractivity contribution < 1.29 is 9.53 Å². The Bertz CT molecular complexity index is 671. The Hall–Kier alpha value is -2.04. The van der Waals surface area contributed by atoms with Crippen molar-refractivity contribution in [2.24, 2.45) is 11.7 Å². The van der Waals surface area contributed by atoms with E-state index in [0.29, 0.717) is 0 Å². The van der Waals surface area contributed by atoms with Crippen molar-refractivity contribution in [3.63, 3.8) is 0 Å². The second-order valence-corrected chi connectivity index (χ2v) is 6.20. The number of hydrogen-bond acceptors (Lipinski definition) is 3. The van der Waals surface area contributed by atoms with E-state index in [9.17, 15) is 4.79 Å². The first-order valence-corrected chi connectivity index (χ1v) is 8.01. The Morgan fingerprint density at radius 2 is 1.62 bits per heavy atom. The van der Waals surface area contributed by atoms with E-state index in [-0.39, 0.29) is 30.3 Å². The topological polar surface area (TPSA) is 64.3 Å². The highest BCUT2D eigenvalue weighted by molar-refractivity contribution is 5.92. The first-order chi connectivity index (χ1) is 11.1. The van der Waals surface area contributed by atoms with Crippen LogP contribution in [0.5, 0.6) is 11.5 Å². The fraction of sp³-hybridized carbons (Fsp3) is 0.316. The fourth-order valence-corrected chi connectivity index (χ4v) is 2.85. The molecule has 0 bridgehead atoms. The van der Waals surface area contributed by atoms with Crippen molar-refractivity contribution in [2.75, 3.05) is 5.32 Å². The zero-order valence-corrected chi connectivity index (χ0v) is 14.5. The second kappa shape index (κ2) is 8.18. The molecule has 0 saturated heterocycles. The van der Waals surface area contributed by atoms with Crippen molar-refractivity contribution in [3.05, 3.63) is 54.1 Å². The predicted octanol–water partition coefficient (Wildman–Crippen LogP) is 4.28. The number of hydrogen-bond donors (Lipinski definition) is 2. The molecule has 24 heavy (non-hydrogen) atoms. The molecule has 1 aliphatic rings. The van der Waals surface area contributed by atoms with Crippen molar-refractivity contribution in [1.29, 1.82) is 0 Å². The Morgan fingerprint density at radius 3 is 2.17 bits per heavy atom. The average Bonchev–Trinajstić information content (AvgIpc) is 2.98. The van der Waals surface area contributed by atoms with E-state index in [1.807, 2.05) is 55.5 Å². The van der Waals surface area contributed by atoms with Gasteiger partial charge in [0.25, 0.3) is 0 Å². The van der Waals surface area contributed by atoms with Gasteiger partial charge in [-0.15, -0.1) is 12.4 Å². The second-order valence-electron chi connectivity index (χ2n) is 6.20. The van der Waals surface area contributed by atoms with Crippen molar-refractivity contribution in [1.82, 2.24) is 0 Å². The third kappa shape index (κ3) is 4.73. The largest absolute Gasteiger partial charge is 0.457 e. The van der Waals surface area contributed by atoms with Gasteiger partial charge in [-0.3, -0.25) is 4.79 Å². The molecule has 4 nitrogen and oxygen atoms in total. The molecule has 0 heterocycles. The minimum atomic E-state index is 0. The maximum atomic E-state index is 12.2. The molecule has 1 amide bonds. The molecule has 0 radical (unpaired) electrons. The minimum Gasteiger partial charge on any atom is -0.457 e. The lowest BCUT2D eigenvalue weighted by Crippen LogP contribution is -2.23. The molecule has 0 spiro atoms. The summed E-state index contributed by atoms with van der Waals surface area (Å²) in [6.07, 6.45) is 2.59. The van der Waals surface area contributed by atoms with Gasteiger partial charge in [-0.25, -0.2) is 0 Å². The summed E-state index contributed by atoms with van der Waals surface area (Å²) in [7, 11) is 0. The number of aryl methyl sites for hydroxylation is 1. The van der Waals surface area contributed by atoms with E-state index in [1.165, 1.54) is 5.56 Å². The van der Waals surface area contributed by atoms with Gasteiger partial charge in [-0.05, 0) is 62.6 Å². The number of carbonyl (C=O) groups is 1. The maximum Gasteiger partial charge on any atom is 0.227 e. The number of rotatable bonds is 4. The SMILES string of the molecule is Cc1ccc(Oc2ccc(NC(=O)C3CCC(N)C3)cc2)cc1.Cl. The van der Waals surface area contributed by atoms with Crippen molar-refractivity contribution in [2.45, 2.75) is 32.2 Å². The first kappa shape index (κ1) is 18.3. The molecule has 1 aliphatic carbocycles. The lowest BCUT2D eigenvalue weighted by atomic mass is 10.1. The van der Waals surface area contributed by atoms with Gasteiger partial charge in [-0.2, -0.15) is 0 Å². The molecule has 0 aromatic heterocycles. The van der Waals surface area contributed by atoms with Gasteiger partial charge in [0.05, 0.1) is 0 Å². The molecule has 2 unspecified atom stereocenters. The Morgan fingerprint density at radius 1 is 1.04 bits per heavy atom. The van der Waals surface area contributed by atoms with Crippen LogP contribution in [0.15, 0.2) is 48.5 Å². The Labute approximate surface area is 148 Å². The van der Waals surface area contributed by atoms with Gasteiger partial charge in [0.2, 0.25) is 5.91 Å². The molecule has 1 fully saturated rings. The third-order valence-corrected chi connectivity index (χ3v) is 4.22. The van der Waals surface area contributed by atoms with Gasteiger partial charge in [0.15, 0.2) is 0 Å². The highest BCUT2D eigenvalue weighted by Crippen LogP contribution is 2.27. The van der Waals surface area contributed by atoms with E-state index in [1.54, 1.807) is 0 Å². The summed E-state index contributed by atoms with van der Waals surface area (Å²) >= 11 is 0. The summed E-state index contributed by atoms with van der Waals surface area (Å²) < 4.78 is 5.78. The first-order valence-electron chi connectivity index (χ1n) is 8.01. The smallest absolute Gasteiger partial charge is 0.227 e. The molecule has 1 saturated carbocycles. The van der Waals surface area contributed by atoms with Crippen molar-refractivity contribution in [3.8, 4) is 11.5 Å². The quantitative estimate of drug-likeness (QED) is 0.868. The zero-order valence-electron chi connectivity index (χ0n) is 13.7. The number of amides is 1. The maximum absolute atomic E-state index is 12.2. The van der Waals surface area contributed by atoms with Gasteiger partial charge in [0.1, 0.15) is 11.5 Å². The molecule has 3 N–H and O–H groups in total. The van der Waals surface area contributed by atoms with E-state index in [4.69, 9.17) is 10.5 Å². The van der Waals surface area contributed by atoms with Crippen LogP contribution in [-0.4, -0.2) is 11.9 Å². The van der Waals surface area contributed by atoms with Crippen LogP contribution in [0.1, 0.15) is 24.8 Å². The van der Waals surface area contributed by atoms with Crippen LogP contribution in [0.2, 0.25) is 0 Å². The monoisotopic (exact) mass is 346 g/mol. The highest BCUT2D eigenvalue weighted by atomic mass is 35.5.